The Kier molecular flexibility index (Phi) is 6.28. The molecule has 3 heteroatoms. The molecule has 2 aromatic rings. The SMILES string of the molecule is CC1CC(C)CC2(c3ccc4c(c3)C(C)(C)c3cc(C5(C)CC(C)CC6CC(C6)C5)cc(B(O)O)c3-4)CC(C1)C2. The Morgan fingerprint density at radius 2 is 1.32 bits per heavy atom. The van der Waals surface area contributed by atoms with E-state index in [2.05, 4.69) is 71.9 Å². The van der Waals surface area contributed by atoms with Gasteiger partial charge in [0, 0.05) is 5.41 Å². The summed E-state index contributed by atoms with van der Waals surface area (Å²) in [5, 5.41) is 21.5. The highest BCUT2D eigenvalue weighted by atomic mass is 16.4. The van der Waals surface area contributed by atoms with Gasteiger partial charge in [0.15, 0.2) is 0 Å². The first-order chi connectivity index (χ1) is 18.9. The van der Waals surface area contributed by atoms with Gasteiger partial charge < -0.3 is 10.0 Å². The second kappa shape index (κ2) is 9.21. The van der Waals surface area contributed by atoms with Gasteiger partial charge in [0.05, 0.1) is 0 Å². The molecule has 0 spiro atoms. The summed E-state index contributed by atoms with van der Waals surface area (Å²) in [6.07, 6.45) is 13.3. The summed E-state index contributed by atoms with van der Waals surface area (Å²) in [5.41, 5.74) is 8.82. The van der Waals surface area contributed by atoms with Crippen LogP contribution in [0.15, 0.2) is 30.3 Å². The van der Waals surface area contributed by atoms with E-state index in [-0.39, 0.29) is 10.8 Å². The molecule has 4 unspecified atom stereocenters. The van der Waals surface area contributed by atoms with Crippen molar-refractivity contribution in [3.05, 3.63) is 52.6 Å². The minimum Gasteiger partial charge on any atom is -0.423 e. The van der Waals surface area contributed by atoms with Gasteiger partial charge in [-0.3, -0.25) is 0 Å². The van der Waals surface area contributed by atoms with Crippen LogP contribution in [-0.2, 0) is 16.2 Å². The number of hydrogen-bond donors (Lipinski definition) is 2. The van der Waals surface area contributed by atoms with E-state index in [1.807, 2.05) is 0 Å². The van der Waals surface area contributed by atoms with Gasteiger partial charge in [-0.05, 0) is 149 Å². The second-order valence-electron chi connectivity index (χ2n) is 16.7. The van der Waals surface area contributed by atoms with E-state index in [0.29, 0.717) is 16.8 Å². The fourth-order valence-corrected chi connectivity index (χ4v) is 11.2. The third-order valence-corrected chi connectivity index (χ3v) is 12.6. The van der Waals surface area contributed by atoms with Crippen LogP contribution in [0.25, 0.3) is 11.1 Å². The zero-order valence-electron chi connectivity index (χ0n) is 25.9. The minimum absolute atomic E-state index is 0.0796. The number of rotatable bonds is 3. The van der Waals surface area contributed by atoms with Gasteiger partial charge in [0.2, 0.25) is 0 Å². The van der Waals surface area contributed by atoms with E-state index in [1.165, 1.54) is 92.0 Å². The third kappa shape index (κ3) is 4.19. The lowest BCUT2D eigenvalue weighted by atomic mass is 9.52. The predicted molar refractivity (Wildman–Crippen MR) is 167 cm³/mol. The molecule has 0 saturated heterocycles. The van der Waals surface area contributed by atoms with Crippen LogP contribution in [0.5, 0.6) is 0 Å². The molecular formula is C37H51BO2. The smallest absolute Gasteiger partial charge is 0.423 e. The molecule has 0 amide bonds. The topological polar surface area (TPSA) is 40.5 Å². The Hall–Kier alpha value is -1.58. The van der Waals surface area contributed by atoms with E-state index in [9.17, 15) is 10.0 Å². The maximum Gasteiger partial charge on any atom is 0.489 e. The Morgan fingerprint density at radius 1 is 0.650 bits per heavy atom. The lowest BCUT2D eigenvalue weighted by Crippen LogP contribution is -2.45. The molecule has 7 aliphatic carbocycles. The van der Waals surface area contributed by atoms with Gasteiger partial charge in [-0.1, -0.05) is 71.9 Å². The van der Waals surface area contributed by atoms with Crippen LogP contribution in [0.2, 0.25) is 0 Å². The molecule has 4 atom stereocenters. The average Bonchev–Trinajstić information content (AvgIpc) is 3.04. The predicted octanol–water partition coefficient (Wildman–Crippen LogP) is 7.88. The molecule has 0 heterocycles. The van der Waals surface area contributed by atoms with Gasteiger partial charge in [-0.15, -0.1) is 0 Å². The van der Waals surface area contributed by atoms with Gasteiger partial charge in [0.25, 0.3) is 0 Å². The van der Waals surface area contributed by atoms with Gasteiger partial charge in [-0.2, -0.15) is 0 Å². The van der Waals surface area contributed by atoms with E-state index >= 15 is 0 Å². The highest BCUT2D eigenvalue weighted by Crippen LogP contribution is 2.58. The molecule has 2 N–H and O–H groups in total. The molecule has 214 valence electrons. The first kappa shape index (κ1) is 27.3. The van der Waals surface area contributed by atoms with Crippen LogP contribution in [-0.4, -0.2) is 17.2 Å². The minimum atomic E-state index is -1.46. The molecule has 6 fully saturated rings. The fraction of sp³-hybridized carbons (Fsp3) is 0.676. The summed E-state index contributed by atoms with van der Waals surface area (Å²) in [7, 11) is -1.46. The fourth-order valence-electron chi connectivity index (χ4n) is 11.2. The summed E-state index contributed by atoms with van der Waals surface area (Å²) in [5.74, 6) is 4.99. The second-order valence-corrected chi connectivity index (χ2v) is 16.7. The highest BCUT2D eigenvalue weighted by molar-refractivity contribution is 6.60. The molecule has 9 rings (SSSR count). The van der Waals surface area contributed by atoms with Gasteiger partial charge >= 0.3 is 7.12 Å². The van der Waals surface area contributed by atoms with Crippen molar-refractivity contribution in [2.24, 2.45) is 35.5 Å². The molecule has 0 radical (unpaired) electrons. The normalized spacial score (nSPS) is 39.4. The van der Waals surface area contributed by atoms with Gasteiger partial charge in [0.1, 0.15) is 0 Å². The lowest BCUT2D eigenvalue weighted by molar-refractivity contribution is 0.0612. The molecule has 40 heavy (non-hydrogen) atoms. The number of hydrogen-bond acceptors (Lipinski definition) is 2. The number of fused-ring (bicyclic) bond motifs is 11. The molecule has 2 aromatic carbocycles. The number of benzene rings is 2. The highest BCUT2D eigenvalue weighted by Gasteiger charge is 2.49. The summed E-state index contributed by atoms with van der Waals surface area (Å²) < 4.78 is 0. The summed E-state index contributed by atoms with van der Waals surface area (Å²) in [6.45, 7) is 14.6. The van der Waals surface area contributed by atoms with E-state index < -0.39 is 7.12 Å². The Balaban J connectivity index is 1.30. The quantitative estimate of drug-likeness (QED) is 0.390. The van der Waals surface area contributed by atoms with Crippen molar-refractivity contribution in [1.82, 2.24) is 0 Å². The van der Waals surface area contributed by atoms with Crippen LogP contribution >= 0.6 is 0 Å². The molecule has 6 saturated carbocycles. The van der Waals surface area contributed by atoms with Crippen molar-refractivity contribution in [1.29, 1.82) is 0 Å². The first-order valence-electron chi connectivity index (χ1n) is 16.6. The van der Waals surface area contributed by atoms with Crippen molar-refractivity contribution < 1.29 is 10.0 Å². The summed E-state index contributed by atoms with van der Waals surface area (Å²) in [4.78, 5) is 0. The van der Waals surface area contributed by atoms with E-state index in [4.69, 9.17) is 0 Å². The molecule has 4 bridgehead atoms. The molecule has 7 aliphatic rings. The Bertz CT molecular complexity index is 1310. The summed E-state index contributed by atoms with van der Waals surface area (Å²) in [6, 6.07) is 12.0. The van der Waals surface area contributed by atoms with Gasteiger partial charge in [-0.25, -0.2) is 0 Å². The molecule has 2 nitrogen and oxygen atoms in total. The Morgan fingerprint density at radius 3 is 2.05 bits per heavy atom. The average molecular weight is 539 g/mol. The lowest BCUT2D eigenvalue weighted by Gasteiger charge is -2.53. The zero-order valence-corrected chi connectivity index (χ0v) is 25.9. The van der Waals surface area contributed by atoms with Crippen LogP contribution in [0.1, 0.15) is 128 Å². The van der Waals surface area contributed by atoms with E-state index in [1.54, 1.807) is 0 Å². The van der Waals surface area contributed by atoms with Crippen molar-refractivity contribution in [2.45, 2.75) is 122 Å². The summed E-state index contributed by atoms with van der Waals surface area (Å²) >= 11 is 0. The zero-order chi connectivity index (χ0) is 28.2. The first-order valence-corrected chi connectivity index (χ1v) is 16.6. The van der Waals surface area contributed by atoms with Crippen molar-refractivity contribution in [3.8, 4) is 11.1 Å². The van der Waals surface area contributed by atoms with Crippen molar-refractivity contribution in [2.75, 3.05) is 0 Å². The van der Waals surface area contributed by atoms with Crippen LogP contribution < -0.4 is 5.46 Å². The van der Waals surface area contributed by atoms with Crippen molar-refractivity contribution in [3.63, 3.8) is 0 Å². The largest absolute Gasteiger partial charge is 0.489 e. The maximum absolute atomic E-state index is 10.8. The van der Waals surface area contributed by atoms with Crippen LogP contribution in [0.3, 0.4) is 0 Å². The maximum atomic E-state index is 10.8. The van der Waals surface area contributed by atoms with E-state index in [0.717, 1.165) is 35.2 Å². The van der Waals surface area contributed by atoms with Crippen LogP contribution in [0.4, 0.5) is 0 Å². The van der Waals surface area contributed by atoms with Crippen molar-refractivity contribution >= 4 is 12.6 Å². The molecular weight excluding hydrogens is 487 g/mol. The Labute approximate surface area is 243 Å². The monoisotopic (exact) mass is 538 g/mol. The molecule has 0 aromatic heterocycles. The third-order valence-electron chi connectivity index (χ3n) is 12.6. The standard InChI is InChI=1S/C37H51BO2/c1-22-9-23(2)18-37(20-27(10-22)21-37)28-7-8-30-31(14-28)35(4,5)32-15-29(16-33(34(30)32)38(39)40)36(6)17-24(3)11-25-12-26(13-25)19-36/h7-8,14-16,22-27,39-40H,9-13,17-21H2,1-6H3. The molecule has 0 aliphatic heterocycles. The van der Waals surface area contributed by atoms with Crippen LogP contribution in [0, 0.1) is 35.5 Å².